The van der Waals surface area contributed by atoms with Crippen LogP contribution in [0, 0.1) is 34.1 Å². The number of hydrogen-bond acceptors (Lipinski definition) is 6. The Bertz CT molecular complexity index is 945. The van der Waals surface area contributed by atoms with Crippen LogP contribution in [0.4, 0.5) is 11.4 Å². The van der Waals surface area contributed by atoms with Gasteiger partial charge in [-0.2, -0.15) is 0 Å². The summed E-state index contributed by atoms with van der Waals surface area (Å²) in [6, 6.07) is 4.44. The molecule has 0 heterocycles. The molecule has 0 aromatic heterocycles. The maximum absolute atomic E-state index is 12.9. The van der Waals surface area contributed by atoms with Crippen LogP contribution < -0.4 is 0 Å². The van der Waals surface area contributed by atoms with E-state index in [1.54, 1.807) is 0 Å². The largest absolute Gasteiger partial charge is 0.292 e. The predicted molar refractivity (Wildman–Crippen MR) is 91.1 cm³/mol. The van der Waals surface area contributed by atoms with Gasteiger partial charge in [-0.15, -0.1) is 0 Å². The summed E-state index contributed by atoms with van der Waals surface area (Å²) in [6.07, 6.45) is 0. The van der Waals surface area contributed by atoms with Crippen molar-refractivity contribution in [1.82, 2.24) is 0 Å². The number of sulfone groups is 1. The van der Waals surface area contributed by atoms with Crippen LogP contribution in [0.25, 0.3) is 0 Å². The monoisotopic (exact) mass is 404 g/mol. The molecule has 0 fully saturated rings. The zero-order valence-corrected chi connectivity index (χ0v) is 15.1. The van der Waals surface area contributed by atoms with Gasteiger partial charge in [-0.3, -0.25) is 20.2 Å². The molecule has 0 amide bonds. The lowest BCUT2D eigenvalue weighted by atomic mass is 10.2. The van der Waals surface area contributed by atoms with E-state index >= 15 is 0 Å². The van der Waals surface area contributed by atoms with Crippen LogP contribution in [0.5, 0.6) is 0 Å². The minimum atomic E-state index is -4.27. The quantitative estimate of drug-likeness (QED) is 0.554. The van der Waals surface area contributed by atoms with E-state index < -0.39 is 31.1 Å². The molecule has 11 heteroatoms. The summed E-state index contributed by atoms with van der Waals surface area (Å²) in [7, 11) is -4.27. The molecule has 0 unspecified atom stereocenters. The Morgan fingerprint density at radius 2 is 1.12 bits per heavy atom. The standard InChI is InChI=1S/C14H10Cl2N2O6S/c1-7-11(5-3-9(15)13(7)17(19)20)25(23,24)12-6-4-10(16)14(8(12)2)18(21)22/h3-6H,1-2H3. The zero-order valence-electron chi connectivity index (χ0n) is 12.8. The van der Waals surface area contributed by atoms with Crippen LogP contribution in [0.1, 0.15) is 11.1 Å². The second kappa shape index (κ2) is 6.58. The lowest BCUT2D eigenvalue weighted by molar-refractivity contribution is -0.385. The highest BCUT2D eigenvalue weighted by Gasteiger charge is 2.31. The van der Waals surface area contributed by atoms with E-state index in [1.165, 1.54) is 13.8 Å². The fourth-order valence-corrected chi connectivity index (χ4v) is 4.72. The maximum Gasteiger partial charge on any atom is 0.292 e. The van der Waals surface area contributed by atoms with E-state index in [-0.39, 0.29) is 31.0 Å². The fourth-order valence-electron chi connectivity index (χ4n) is 2.45. The molecule has 25 heavy (non-hydrogen) atoms. The summed E-state index contributed by atoms with van der Waals surface area (Å²) in [4.78, 5) is 20.0. The molecule has 0 atom stereocenters. The second-order valence-electron chi connectivity index (χ2n) is 5.06. The van der Waals surface area contributed by atoms with Crippen LogP contribution in [0.15, 0.2) is 34.1 Å². The lowest BCUT2D eigenvalue weighted by Crippen LogP contribution is -2.09. The van der Waals surface area contributed by atoms with E-state index in [0.29, 0.717) is 0 Å². The molecule has 0 radical (unpaired) electrons. The Labute approximate surface area is 152 Å². The minimum Gasteiger partial charge on any atom is -0.258 e. The number of nitro benzene ring substituents is 2. The first kappa shape index (κ1) is 19.1. The smallest absolute Gasteiger partial charge is 0.258 e. The number of rotatable bonds is 4. The Hall–Kier alpha value is -2.23. The molecule has 0 N–H and O–H groups in total. The average Bonchev–Trinajstić information content (AvgIpc) is 2.45. The molecular formula is C14H10Cl2N2O6S. The number of benzene rings is 2. The summed E-state index contributed by atoms with van der Waals surface area (Å²) in [5, 5.41) is 21.8. The Morgan fingerprint density at radius 1 is 0.800 bits per heavy atom. The van der Waals surface area contributed by atoms with Gasteiger partial charge in [0.2, 0.25) is 9.84 Å². The van der Waals surface area contributed by atoms with Gasteiger partial charge in [0.15, 0.2) is 0 Å². The van der Waals surface area contributed by atoms with E-state index in [9.17, 15) is 28.6 Å². The maximum atomic E-state index is 12.9. The SMILES string of the molecule is Cc1c(S(=O)(=O)c2ccc(Cl)c([N+](=O)[O-])c2C)ccc(Cl)c1[N+](=O)[O-]. The molecule has 0 aliphatic carbocycles. The molecular weight excluding hydrogens is 395 g/mol. The summed E-state index contributed by atoms with van der Waals surface area (Å²) < 4.78 is 25.8. The second-order valence-corrected chi connectivity index (χ2v) is 7.76. The first-order chi connectivity index (χ1) is 11.5. The average molecular weight is 405 g/mol. The highest BCUT2D eigenvalue weighted by Crippen LogP contribution is 2.38. The molecule has 0 saturated heterocycles. The molecule has 2 aromatic rings. The van der Waals surface area contributed by atoms with E-state index in [1.807, 2.05) is 0 Å². The van der Waals surface area contributed by atoms with Gasteiger partial charge in [0.05, 0.1) is 19.6 Å². The Kier molecular flexibility index (Phi) is 5.03. The highest BCUT2D eigenvalue weighted by atomic mass is 35.5. The molecule has 2 rings (SSSR count). The van der Waals surface area contributed by atoms with Crippen molar-refractivity contribution < 1.29 is 18.3 Å². The van der Waals surface area contributed by atoms with Crippen LogP contribution in [-0.2, 0) is 9.84 Å². The number of nitro groups is 2. The zero-order chi connectivity index (χ0) is 19.1. The summed E-state index contributed by atoms with van der Waals surface area (Å²) in [5.74, 6) is 0. The van der Waals surface area contributed by atoms with Crippen molar-refractivity contribution in [2.45, 2.75) is 23.6 Å². The van der Waals surface area contributed by atoms with Gasteiger partial charge >= 0.3 is 0 Å². The van der Waals surface area contributed by atoms with Crippen LogP contribution in [0.2, 0.25) is 10.0 Å². The molecule has 0 spiro atoms. The molecule has 0 aliphatic rings. The molecule has 0 saturated carbocycles. The molecule has 8 nitrogen and oxygen atoms in total. The van der Waals surface area contributed by atoms with Gasteiger partial charge in [-0.05, 0) is 38.1 Å². The van der Waals surface area contributed by atoms with Gasteiger partial charge in [-0.25, -0.2) is 8.42 Å². The van der Waals surface area contributed by atoms with E-state index in [2.05, 4.69) is 0 Å². The minimum absolute atomic E-state index is 0.158. The van der Waals surface area contributed by atoms with Crippen molar-refractivity contribution in [3.05, 3.63) is 65.7 Å². The number of hydrogen-bond donors (Lipinski definition) is 0. The van der Waals surface area contributed by atoms with Crippen LogP contribution in [-0.4, -0.2) is 18.3 Å². The Balaban J connectivity index is 2.82. The van der Waals surface area contributed by atoms with Crippen molar-refractivity contribution in [1.29, 1.82) is 0 Å². The highest BCUT2D eigenvalue weighted by molar-refractivity contribution is 7.91. The molecule has 0 aliphatic heterocycles. The van der Waals surface area contributed by atoms with Gasteiger partial charge in [0.1, 0.15) is 10.0 Å². The Morgan fingerprint density at radius 3 is 1.40 bits per heavy atom. The fraction of sp³-hybridized carbons (Fsp3) is 0.143. The molecule has 2 aromatic carbocycles. The lowest BCUT2D eigenvalue weighted by Gasteiger charge is -2.12. The molecule has 132 valence electrons. The van der Waals surface area contributed by atoms with Crippen LogP contribution >= 0.6 is 23.2 Å². The topological polar surface area (TPSA) is 120 Å². The summed E-state index contributed by atoms with van der Waals surface area (Å²) in [5.41, 5.74) is -1.39. The normalized spacial score (nSPS) is 11.4. The van der Waals surface area contributed by atoms with Gasteiger partial charge in [0, 0.05) is 11.1 Å². The van der Waals surface area contributed by atoms with Crippen LogP contribution in [0.3, 0.4) is 0 Å². The van der Waals surface area contributed by atoms with Crippen molar-refractivity contribution in [3.8, 4) is 0 Å². The number of nitrogens with zero attached hydrogens (tertiary/aromatic N) is 2. The van der Waals surface area contributed by atoms with Gasteiger partial charge < -0.3 is 0 Å². The summed E-state index contributed by atoms with van der Waals surface area (Å²) in [6.45, 7) is 2.49. The third kappa shape index (κ3) is 3.17. The first-order valence-electron chi connectivity index (χ1n) is 6.62. The van der Waals surface area contributed by atoms with Crippen molar-refractivity contribution in [2.75, 3.05) is 0 Å². The van der Waals surface area contributed by atoms with Crippen molar-refractivity contribution >= 4 is 44.4 Å². The number of halogens is 2. The van der Waals surface area contributed by atoms with Crippen molar-refractivity contribution in [2.24, 2.45) is 0 Å². The van der Waals surface area contributed by atoms with E-state index in [0.717, 1.165) is 24.3 Å². The van der Waals surface area contributed by atoms with Crippen molar-refractivity contribution in [3.63, 3.8) is 0 Å². The predicted octanol–water partition coefficient (Wildman–Crippen LogP) is 4.26. The third-order valence-electron chi connectivity index (χ3n) is 3.61. The van der Waals surface area contributed by atoms with Gasteiger partial charge in [-0.1, -0.05) is 23.2 Å². The van der Waals surface area contributed by atoms with E-state index in [4.69, 9.17) is 23.2 Å². The first-order valence-corrected chi connectivity index (χ1v) is 8.86. The summed E-state index contributed by atoms with van der Waals surface area (Å²) >= 11 is 11.5. The van der Waals surface area contributed by atoms with Gasteiger partial charge in [0.25, 0.3) is 11.4 Å². The third-order valence-corrected chi connectivity index (χ3v) is 6.26. The molecule has 0 bridgehead atoms.